The standard InChI is InChI=1S/C24H34N4O2/c1-17(2)16-28-22-9-8-20(25-15-19-6-4-18(3)5-7-19)14-21(22)23(26-28)24(29)27-10-12-30-13-11-27/h4-7,17,20,25H,8-16H2,1-3H3/t20-/m1/s1. The minimum atomic E-state index is 0.0660. The second kappa shape index (κ2) is 9.31. The van der Waals surface area contributed by atoms with Crippen LogP contribution in [-0.2, 0) is 30.7 Å². The number of rotatable bonds is 6. The lowest BCUT2D eigenvalue weighted by Crippen LogP contribution is -2.41. The second-order valence-electron chi connectivity index (χ2n) is 9.06. The van der Waals surface area contributed by atoms with Crippen LogP contribution in [0.15, 0.2) is 24.3 Å². The quantitative estimate of drug-likeness (QED) is 0.795. The molecule has 1 N–H and O–H groups in total. The molecule has 1 aliphatic carbocycles. The van der Waals surface area contributed by atoms with Crippen LogP contribution in [0.2, 0.25) is 0 Å². The largest absolute Gasteiger partial charge is 0.378 e. The Morgan fingerprint density at radius 1 is 1.23 bits per heavy atom. The first kappa shape index (κ1) is 21.1. The highest BCUT2D eigenvalue weighted by Crippen LogP contribution is 2.27. The van der Waals surface area contributed by atoms with Gasteiger partial charge in [-0.2, -0.15) is 5.10 Å². The molecule has 1 fully saturated rings. The number of fused-ring (bicyclic) bond motifs is 1. The summed E-state index contributed by atoms with van der Waals surface area (Å²) in [5.74, 6) is 0.564. The third-order valence-electron chi connectivity index (χ3n) is 6.10. The number of aryl methyl sites for hydroxylation is 1. The molecule has 2 heterocycles. The summed E-state index contributed by atoms with van der Waals surface area (Å²) < 4.78 is 7.53. The van der Waals surface area contributed by atoms with E-state index in [4.69, 9.17) is 9.84 Å². The highest BCUT2D eigenvalue weighted by atomic mass is 16.5. The summed E-state index contributed by atoms with van der Waals surface area (Å²) in [6.45, 7) is 10.8. The molecule has 2 aliphatic rings. The van der Waals surface area contributed by atoms with Crippen molar-refractivity contribution in [2.24, 2.45) is 5.92 Å². The number of hydrogen-bond donors (Lipinski definition) is 1. The van der Waals surface area contributed by atoms with E-state index < -0.39 is 0 Å². The molecule has 0 saturated carbocycles. The predicted octanol–water partition coefficient (Wildman–Crippen LogP) is 2.97. The van der Waals surface area contributed by atoms with Crippen molar-refractivity contribution in [2.45, 2.75) is 59.2 Å². The Bertz CT molecular complexity index is 866. The van der Waals surface area contributed by atoms with Crippen molar-refractivity contribution in [1.29, 1.82) is 0 Å². The summed E-state index contributed by atoms with van der Waals surface area (Å²) in [5.41, 5.74) is 5.65. The molecule has 1 saturated heterocycles. The van der Waals surface area contributed by atoms with Crippen molar-refractivity contribution in [3.63, 3.8) is 0 Å². The van der Waals surface area contributed by atoms with E-state index in [0.29, 0.717) is 44.0 Å². The molecule has 1 atom stereocenters. The molecule has 4 rings (SSSR count). The number of morpholine rings is 1. The van der Waals surface area contributed by atoms with Crippen LogP contribution in [0, 0.1) is 12.8 Å². The van der Waals surface area contributed by atoms with Crippen LogP contribution >= 0.6 is 0 Å². The topological polar surface area (TPSA) is 59.4 Å². The summed E-state index contributed by atoms with van der Waals surface area (Å²) in [5, 5.41) is 8.54. The van der Waals surface area contributed by atoms with Crippen LogP contribution < -0.4 is 5.32 Å². The Morgan fingerprint density at radius 2 is 1.97 bits per heavy atom. The summed E-state index contributed by atoms with van der Waals surface area (Å²) in [7, 11) is 0. The van der Waals surface area contributed by atoms with Gasteiger partial charge in [-0.3, -0.25) is 9.48 Å². The average molecular weight is 411 g/mol. The van der Waals surface area contributed by atoms with Gasteiger partial charge < -0.3 is 15.0 Å². The van der Waals surface area contributed by atoms with Crippen molar-refractivity contribution in [3.05, 3.63) is 52.3 Å². The van der Waals surface area contributed by atoms with Crippen molar-refractivity contribution < 1.29 is 9.53 Å². The Hall–Kier alpha value is -2.18. The molecule has 1 aromatic carbocycles. The lowest BCUT2D eigenvalue weighted by atomic mass is 9.90. The minimum Gasteiger partial charge on any atom is -0.378 e. The normalized spacial score (nSPS) is 19.2. The fourth-order valence-corrected chi connectivity index (χ4v) is 4.42. The molecule has 6 nitrogen and oxygen atoms in total. The van der Waals surface area contributed by atoms with Gasteiger partial charge in [0.05, 0.1) is 13.2 Å². The molecule has 30 heavy (non-hydrogen) atoms. The van der Waals surface area contributed by atoms with Crippen LogP contribution in [0.4, 0.5) is 0 Å². The van der Waals surface area contributed by atoms with E-state index in [1.54, 1.807) is 0 Å². The van der Waals surface area contributed by atoms with Crippen molar-refractivity contribution >= 4 is 5.91 Å². The molecule has 0 bridgehead atoms. The van der Waals surface area contributed by atoms with Crippen molar-refractivity contribution in [3.8, 4) is 0 Å². The number of nitrogens with one attached hydrogen (secondary N) is 1. The molecular formula is C24H34N4O2. The molecule has 2 aromatic rings. The smallest absolute Gasteiger partial charge is 0.274 e. The highest BCUT2D eigenvalue weighted by molar-refractivity contribution is 5.94. The monoisotopic (exact) mass is 410 g/mol. The zero-order valence-electron chi connectivity index (χ0n) is 18.5. The number of benzene rings is 1. The van der Waals surface area contributed by atoms with Gasteiger partial charge in [-0.25, -0.2) is 0 Å². The first-order chi connectivity index (χ1) is 14.5. The molecular weight excluding hydrogens is 376 g/mol. The van der Waals surface area contributed by atoms with E-state index in [9.17, 15) is 4.79 Å². The van der Waals surface area contributed by atoms with Gasteiger partial charge in [-0.05, 0) is 37.7 Å². The molecule has 1 aliphatic heterocycles. The second-order valence-corrected chi connectivity index (χ2v) is 9.06. The van der Waals surface area contributed by atoms with Gasteiger partial charge >= 0.3 is 0 Å². The van der Waals surface area contributed by atoms with Gasteiger partial charge in [-0.15, -0.1) is 0 Å². The van der Waals surface area contributed by atoms with Crippen LogP contribution in [0.3, 0.4) is 0 Å². The summed E-state index contributed by atoms with van der Waals surface area (Å²) in [4.78, 5) is 15.2. The van der Waals surface area contributed by atoms with Gasteiger partial charge in [0.25, 0.3) is 5.91 Å². The number of amides is 1. The van der Waals surface area contributed by atoms with E-state index in [1.807, 2.05) is 4.90 Å². The van der Waals surface area contributed by atoms with Crippen LogP contribution in [0.25, 0.3) is 0 Å². The third-order valence-corrected chi connectivity index (χ3v) is 6.10. The maximum Gasteiger partial charge on any atom is 0.274 e. The maximum absolute atomic E-state index is 13.3. The molecule has 0 radical (unpaired) electrons. The Morgan fingerprint density at radius 3 is 2.67 bits per heavy atom. The number of ether oxygens (including phenoxy) is 1. The Labute approximate surface area is 179 Å². The Kier molecular flexibility index (Phi) is 6.54. The van der Waals surface area contributed by atoms with E-state index in [1.165, 1.54) is 16.8 Å². The number of carbonyl (C=O) groups is 1. The lowest BCUT2D eigenvalue weighted by molar-refractivity contribution is 0.0297. The minimum absolute atomic E-state index is 0.0660. The summed E-state index contributed by atoms with van der Waals surface area (Å²) >= 11 is 0. The molecule has 0 unspecified atom stereocenters. The zero-order valence-corrected chi connectivity index (χ0v) is 18.5. The molecule has 1 aromatic heterocycles. The lowest BCUT2D eigenvalue weighted by Gasteiger charge is -2.28. The Balaban J connectivity index is 1.52. The molecule has 0 spiro atoms. The van der Waals surface area contributed by atoms with E-state index >= 15 is 0 Å². The first-order valence-corrected chi connectivity index (χ1v) is 11.3. The van der Waals surface area contributed by atoms with Crippen molar-refractivity contribution in [2.75, 3.05) is 26.3 Å². The van der Waals surface area contributed by atoms with E-state index in [0.717, 1.165) is 37.9 Å². The zero-order chi connectivity index (χ0) is 21.1. The number of hydrogen-bond acceptors (Lipinski definition) is 4. The fraction of sp³-hybridized carbons (Fsp3) is 0.583. The summed E-state index contributed by atoms with van der Waals surface area (Å²) in [6.07, 6.45) is 2.91. The van der Waals surface area contributed by atoms with Crippen LogP contribution in [0.1, 0.15) is 53.1 Å². The molecule has 1 amide bonds. The van der Waals surface area contributed by atoms with Gasteiger partial charge in [0, 0.05) is 43.5 Å². The van der Waals surface area contributed by atoms with Gasteiger partial charge in [0.2, 0.25) is 0 Å². The highest BCUT2D eigenvalue weighted by Gasteiger charge is 2.31. The maximum atomic E-state index is 13.3. The van der Waals surface area contributed by atoms with Crippen LogP contribution in [-0.4, -0.2) is 52.9 Å². The van der Waals surface area contributed by atoms with Crippen LogP contribution in [0.5, 0.6) is 0 Å². The van der Waals surface area contributed by atoms with Gasteiger partial charge in [0.1, 0.15) is 0 Å². The first-order valence-electron chi connectivity index (χ1n) is 11.3. The third kappa shape index (κ3) is 4.76. The molecule has 6 heteroatoms. The van der Waals surface area contributed by atoms with E-state index in [-0.39, 0.29) is 5.91 Å². The van der Waals surface area contributed by atoms with E-state index in [2.05, 4.69) is 55.0 Å². The number of nitrogens with zero attached hydrogens (tertiary/aromatic N) is 3. The fourth-order valence-electron chi connectivity index (χ4n) is 4.42. The van der Waals surface area contributed by atoms with Gasteiger partial charge in [-0.1, -0.05) is 43.7 Å². The predicted molar refractivity (Wildman–Crippen MR) is 118 cm³/mol. The molecule has 162 valence electrons. The number of carbonyl (C=O) groups excluding carboxylic acids is 1. The van der Waals surface area contributed by atoms with Crippen molar-refractivity contribution in [1.82, 2.24) is 20.0 Å². The summed E-state index contributed by atoms with van der Waals surface area (Å²) in [6, 6.07) is 9.05. The average Bonchev–Trinajstić information content (AvgIpc) is 3.10. The SMILES string of the molecule is Cc1ccc(CN[C@@H]2CCc3c(c(C(=O)N4CCOCC4)nn3CC(C)C)C2)cc1. The number of aromatic nitrogens is 2. The van der Waals surface area contributed by atoms with Gasteiger partial charge in [0.15, 0.2) is 5.69 Å².